The molecule has 5 nitrogen and oxygen atoms in total. The van der Waals surface area contributed by atoms with Gasteiger partial charge in [0.05, 0.1) is 6.54 Å². The minimum atomic E-state index is 0. The number of anilines is 1. The molecule has 0 unspecified atom stereocenters. The number of guanidine groups is 1. The van der Waals surface area contributed by atoms with E-state index >= 15 is 0 Å². The van der Waals surface area contributed by atoms with E-state index in [1.807, 2.05) is 24.3 Å². The van der Waals surface area contributed by atoms with E-state index < -0.39 is 0 Å². The highest BCUT2D eigenvalue weighted by atomic mass is 127. The predicted molar refractivity (Wildman–Crippen MR) is 111 cm³/mol. The van der Waals surface area contributed by atoms with Gasteiger partial charge < -0.3 is 16.0 Å². The Hall–Kier alpha value is -1.31. The summed E-state index contributed by atoms with van der Waals surface area (Å²) in [7, 11) is 0. The first-order valence-electron chi connectivity index (χ1n) is 8.65. The minimum absolute atomic E-state index is 0. The lowest BCUT2D eigenvalue weighted by atomic mass is 9.85. The number of rotatable bonds is 7. The molecular weight excluding hydrogens is 415 g/mol. The van der Waals surface area contributed by atoms with E-state index in [4.69, 9.17) is 0 Å². The van der Waals surface area contributed by atoms with Gasteiger partial charge in [-0.1, -0.05) is 25.5 Å². The Labute approximate surface area is 162 Å². The van der Waals surface area contributed by atoms with E-state index in [9.17, 15) is 4.79 Å². The fourth-order valence-corrected chi connectivity index (χ4v) is 2.42. The van der Waals surface area contributed by atoms with E-state index in [0.717, 1.165) is 49.6 Å². The van der Waals surface area contributed by atoms with E-state index in [2.05, 4.69) is 34.8 Å². The molecule has 6 heteroatoms. The molecule has 0 heterocycles. The molecule has 0 saturated heterocycles. The van der Waals surface area contributed by atoms with Crippen LogP contribution in [0.2, 0.25) is 0 Å². The predicted octanol–water partition coefficient (Wildman–Crippen LogP) is 3.51. The molecule has 2 rings (SSSR count). The van der Waals surface area contributed by atoms with Crippen molar-refractivity contribution in [3.05, 3.63) is 29.8 Å². The highest BCUT2D eigenvalue weighted by molar-refractivity contribution is 14.0. The number of carbonyl (C=O) groups is 1. The van der Waals surface area contributed by atoms with Crippen molar-refractivity contribution in [2.24, 2.45) is 10.9 Å². The maximum atomic E-state index is 12.0. The monoisotopic (exact) mass is 444 g/mol. The summed E-state index contributed by atoms with van der Waals surface area (Å²) in [5, 5.41) is 9.53. The molecule has 0 aromatic heterocycles. The Morgan fingerprint density at radius 3 is 2.67 bits per heavy atom. The van der Waals surface area contributed by atoms with Gasteiger partial charge in [-0.05, 0) is 43.9 Å². The second-order valence-electron chi connectivity index (χ2n) is 5.94. The van der Waals surface area contributed by atoms with Gasteiger partial charge in [-0.2, -0.15) is 0 Å². The number of halogens is 1. The number of hydrogen-bond donors (Lipinski definition) is 3. The van der Waals surface area contributed by atoms with Crippen LogP contribution in [0.15, 0.2) is 29.3 Å². The second kappa shape index (κ2) is 11.3. The molecule has 1 aliphatic carbocycles. The van der Waals surface area contributed by atoms with Gasteiger partial charge in [0, 0.05) is 24.7 Å². The Morgan fingerprint density at radius 1 is 1.25 bits per heavy atom. The van der Waals surface area contributed by atoms with Gasteiger partial charge in [0.25, 0.3) is 0 Å². The van der Waals surface area contributed by atoms with Crippen LogP contribution in [0.3, 0.4) is 0 Å². The van der Waals surface area contributed by atoms with Crippen LogP contribution in [-0.2, 0) is 11.3 Å². The van der Waals surface area contributed by atoms with E-state index in [1.165, 1.54) is 6.42 Å². The van der Waals surface area contributed by atoms with Crippen LogP contribution in [-0.4, -0.2) is 25.0 Å². The van der Waals surface area contributed by atoms with Crippen LogP contribution in [0.5, 0.6) is 0 Å². The third-order valence-corrected chi connectivity index (χ3v) is 3.98. The topological polar surface area (TPSA) is 65.5 Å². The molecule has 24 heavy (non-hydrogen) atoms. The lowest BCUT2D eigenvalue weighted by molar-refractivity contribution is -0.122. The third-order valence-electron chi connectivity index (χ3n) is 3.98. The fourth-order valence-electron chi connectivity index (χ4n) is 2.42. The molecule has 1 amide bonds. The van der Waals surface area contributed by atoms with Gasteiger partial charge in [0.1, 0.15) is 0 Å². The number of aliphatic imine (C=N–C) groups is 1. The zero-order valence-electron chi connectivity index (χ0n) is 14.6. The van der Waals surface area contributed by atoms with Crippen LogP contribution >= 0.6 is 24.0 Å². The summed E-state index contributed by atoms with van der Waals surface area (Å²) in [6.07, 6.45) is 4.27. The summed E-state index contributed by atoms with van der Waals surface area (Å²) < 4.78 is 0. The summed E-state index contributed by atoms with van der Waals surface area (Å²) in [5.74, 6) is 1.18. The highest BCUT2D eigenvalue weighted by Crippen LogP contribution is 2.27. The normalized spacial score (nSPS) is 14.3. The third kappa shape index (κ3) is 6.67. The van der Waals surface area contributed by atoms with Gasteiger partial charge in [0.2, 0.25) is 5.91 Å². The quantitative estimate of drug-likeness (QED) is 0.343. The van der Waals surface area contributed by atoms with Gasteiger partial charge >= 0.3 is 0 Å². The van der Waals surface area contributed by atoms with Crippen molar-refractivity contribution in [2.45, 2.75) is 46.1 Å². The summed E-state index contributed by atoms with van der Waals surface area (Å²) in [4.78, 5) is 16.6. The Bertz CT molecular complexity index is 544. The maximum absolute atomic E-state index is 12.0. The summed E-state index contributed by atoms with van der Waals surface area (Å²) in [5.41, 5.74) is 1.95. The zero-order chi connectivity index (χ0) is 16.5. The molecule has 1 aromatic carbocycles. The molecule has 1 aromatic rings. The molecule has 3 N–H and O–H groups in total. The van der Waals surface area contributed by atoms with Crippen molar-refractivity contribution in [1.29, 1.82) is 0 Å². The summed E-state index contributed by atoms with van der Waals surface area (Å²) in [6, 6.07) is 7.94. The molecule has 1 aliphatic rings. The van der Waals surface area contributed by atoms with Gasteiger partial charge in [0.15, 0.2) is 5.96 Å². The smallest absolute Gasteiger partial charge is 0.227 e. The molecule has 0 spiro atoms. The molecule has 0 atom stereocenters. The van der Waals surface area contributed by atoms with Crippen molar-refractivity contribution < 1.29 is 4.79 Å². The van der Waals surface area contributed by atoms with E-state index in [1.54, 1.807) is 0 Å². The lowest BCUT2D eigenvalue weighted by Crippen LogP contribution is -2.37. The van der Waals surface area contributed by atoms with E-state index in [-0.39, 0.29) is 35.8 Å². The first-order valence-corrected chi connectivity index (χ1v) is 8.65. The molecule has 1 saturated carbocycles. The average molecular weight is 444 g/mol. The number of hydrogen-bond acceptors (Lipinski definition) is 2. The van der Waals surface area contributed by atoms with Crippen LogP contribution < -0.4 is 16.0 Å². The molecular formula is C18H29IN4O. The Balaban J connectivity index is 0.00000288. The van der Waals surface area contributed by atoms with Gasteiger partial charge in [-0.3, -0.25) is 4.79 Å². The molecule has 0 aliphatic heterocycles. The van der Waals surface area contributed by atoms with Crippen molar-refractivity contribution >= 4 is 41.5 Å². The van der Waals surface area contributed by atoms with Crippen molar-refractivity contribution in [3.8, 4) is 0 Å². The first-order chi connectivity index (χ1) is 11.2. The van der Waals surface area contributed by atoms with E-state index in [0.29, 0.717) is 6.54 Å². The summed E-state index contributed by atoms with van der Waals surface area (Å²) in [6.45, 7) is 6.52. The van der Waals surface area contributed by atoms with Crippen molar-refractivity contribution in [2.75, 3.05) is 18.4 Å². The minimum Gasteiger partial charge on any atom is -0.357 e. The molecule has 0 bridgehead atoms. The number of amides is 1. The second-order valence-corrected chi connectivity index (χ2v) is 5.94. The fraction of sp³-hybridized carbons (Fsp3) is 0.556. The largest absolute Gasteiger partial charge is 0.357 e. The molecule has 134 valence electrons. The molecule has 0 radical (unpaired) electrons. The van der Waals surface area contributed by atoms with Gasteiger partial charge in [-0.15, -0.1) is 24.0 Å². The highest BCUT2D eigenvalue weighted by Gasteiger charge is 2.25. The average Bonchev–Trinajstić information content (AvgIpc) is 2.48. The standard InChI is InChI=1S/C18H28N4O.HI/c1-3-11-20-18(19-4-2)21-13-14-7-5-10-16(12-14)22-17(23)15-8-6-9-15;/h5,7,10,12,15H,3-4,6,8-9,11,13H2,1-2H3,(H,22,23)(H2,19,20,21);1H. The first kappa shape index (κ1) is 20.7. The van der Waals surface area contributed by atoms with Crippen LogP contribution in [0.25, 0.3) is 0 Å². The van der Waals surface area contributed by atoms with Crippen molar-refractivity contribution in [1.82, 2.24) is 10.6 Å². The number of carbonyl (C=O) groups excluding carboxylic acids is 1. The summed E-state index contributed by atoms with van der Waals surface area (Å²) >= 11 is 0. The van der Waals surface area contributed by atoms with Crippen LogP contribution in [0.1, 0.15) is 45.1 Å². The Kier molecular flexibility index (Phi) is 9.75. The number of benzene rings is 1. The maximum Gasteiger partial charge on any atom is 0.227 e. The molecule has 1 fully saturated rings. The van der Waals surface area contributed by atoms with Gasteiger partial charge in [-0.25, -0.2) is 4.99 Å². The van der Waals surface area contributed by atoms with Crippen molar-refractivity contribution in [3.63, 3.8) is 0 Å². The zero-order valence-corrected chi connectivity index (χ0v) is 16.9. The Morgan fingerprint density at radius 2 is 2.04 bits per heavy atom. The number of nitrogens with one attached hydrogen (secondary N) is 3. The SMILES string of the molecule is CCCNC(=NCc1cccc(NC(=O)C2CCC2)c1)NCC.I. The lowest BCUT2D eigenvalue weighted by Gasteiger charge is -2.24. The van der Waals surface area contributed by atoms with Crippen LogP contribution in [0.4, 0.5) is 5.69 Å². The van der Waals surface area contributed by atoms with Crippen LogP contribution in [0, 0.1) is 5.92 Å². The number of nitrogens with zero attached hydrogens (tertiary/aromatic N) is 1.